The van der Waals surface area contributed by atoms with Crippen molar-refractivity contribution in [2.24, 2.45) is 0 Å². The number of aromatic nitrogens is 1. The lowest BCUT2D eigenvalue weighted by Gasteiger charge is -2.03. The van der Waals surface area contributed by atoms with Crippen LogP contribution in [0, 0.1) is 0 Å². The molecule has 0 unspecified atom stereocenters. The second kappa shape index (κ2) is 3.91. The van der Waals surface area contributed by atoms with Crippen molar-refractivity contribution >= 4 is 15.9 Å². The second-order valence-electron chi connectivity index (χ2n) is 2.16. The highest BCUT2D eigenvalue weighted by Gasteiger charge is 2.12. The lowest BCUT2D eigenvalue weighted by atomic mass is 10.2. The van der Waals surface area contributed by atoms with Crippen molar-refractivity contribution in [3.8, 4) is 0 Å². The minimum absolute atomic E-state index is 0.144. The predicted molar refractivity (Wildman–Crippen MR) is 42.8 cm³/mol. The minimum Gasteiger partial charge on any atom is -0.390 e. The highest BCUT2D eigenvalue weighted by Crippen LogP contribution is 2.26. The van der Waals surface area contributed by atoms with E-state index in [9.17, 15) is 8.78 Å². The summed E-state index contributed by atoms with van der Waals surface area (Å²) in [6, 6.07) is 1.18. The summed E-state index contributed by atoms with van der Waals surface area (Å²) in [7, 11) is 0. The lowest BCUT2D eigenvalue weighted by Crippen LogP contribution is -1.94. The van der Waals surface area contributed by atoms with Crippen molar-refractivity contribution in [2.45, 2.75) is 13.0 Å². The normalized spacial score (nSPS) is 10.8. The van der Waals surface area contributed by atoms with Crippen molar-refractivity contribution in [3.63, 3.8) is 0 Å². The van der Waals surface area contributed by atoms with E-state index in [0.717, 1.165) is 0 Å². The Balaban J connectivity index is 3.08. The molecule has 0 fully saturated rings. The van der Waals surface area contributed by atoms with E-state index in [1.165, 1.54) is 12.3 Å². The van der Waals surface area contributed by atoms with Crippen molar-refractivity contribution < 1.29 is 13.9 Å². The zero-order valence-electron chi connectivity index (χ0n) is 5.97. The van der Waals surface area contributed by atoms with Crippen LogP contribution in [0.15, 0.2) is 16.7 Å². The van der Waals surface area contributed by atoms with E-state index in [0.29, 0.717) is 0 Å². The van der Waals surface area contributed by atoms with Crippen LogP contribution in [0.5, 0.6) is 0 Å². The highest BCUT2D eigenvalue weighted by atomic mass is 79.9. The lowest BCUT2D eigenvalue weighted by molar-refractivity contribution is 0.150. The van der Waals surface area contributed by atoms with Crippen LogP contribution in [0.25, 0.3) is 0 Å². The number of halogens is 3. The first-order chi connectivity index (χ1) is 5.65. The van der Waals surface area contributed by atoms with Crippen molar-refractivity contribution in [1.29, 1.82) is 0 Å². The number of aliphatic hydroxyl groups is 1. The van der Waals surface area contributed by atoms with Crippen LogP contribution in [0.3, 0.4) is 0 Å². The number of alkyl halides is 2. The Kier molecular flexibility index (Phi) is 3.11. The molecule has 0 radical (unpaired) electrons. The molecule has 0 aliphatic rings. The molecule has 0 saturated heterocycles. The summed E-state index contributed by atoms with van der Waals surface area (Å²) in [5.41, 5.74) is 0.0996. The molecule has 0 aliphatic carbocycles. The van der Waals surface area contributed by atoms with Gasteiger partial charge in [-0.05, 0) is 22.0 Å². The largest absolute Gasteiger partial charge is 0.390 e. The molecule has 0 aliphatic heterocycles. The van der Waals surface area contributed by atoms with Crippen LogP contribution in [-0.2, 0) is 6.61 Å². The number of hydrogen-bond donors (Lipinski definition) is 1. The van der Waals surface area contributed by atoms with Crippen LogP contribution in [0.2, 0.25) is 0 Å². The van der Waals surface area contributed by atoms with Crippen molar-refractivity contribution in [1.82, 2.24) is 4.98 Å². The van der Waals surface area contributed by atoms with E-state index < -0.39 is 6.43 Å². The number of pyridine rings is 1. The topological polar surface area (TPSA) is 33.1 Å². The van der Waals surface area contributed by atoms with Crippen LogP contribution >= 0.6 is 15.9 Å². The van der Waals surface area contributed by atoms with Crippen molar-refractivity contribution in [2.75, 3.05) is 0 Å². The Hall–Kier alpha value is -0.550. The third kappa shape index (κ3) is 1.98. The quantitative estimate of drug-likeness (QED) is 0.857. The summed E-state index contributed by atoms with van der Waals surface area (Å²) >= 11 is 2.94. The fourth-order valence-electron chi connectivity index (χ4n) is 0.754. The molecule has 2 nitrogen and oxygen atoms in total. The van der Waals surface area contributed by atoms with Gasteiger partial charge in [-0.3, -0.25) is 4.98 Å². The second-order valence-corrected chi connectivity index (χ2v) is 3.01. The highest BCUT2D eigenvalue weighted by molar-refractivity contribution is 9.10. The molecule has 1 heterocycles. The van der Waals surface area contributed by atoms with Gasteiger partial charge in [-0.25, -0.2) is 8.78 Å². The summed E-state index contributed by atoms with van der Waals surface area (Å²) in [6.45, 7) is -0.326. The molecule has 1 rings (SSSR count). The monoisotopic (exact) mass is 237 g/mol. The van der Waals surface area contributed by atoms with Crippen LogP contribution in [0.4, 0.5) is 8.78 Å². The Morgan fingerprint density at radius 3 is 2.75 bits per heavy atom. The minimum atomic E-state index is -2.55. The van der Waals surface area contributed by atoms with Crippen LogP contribution in [-0.4, -0.2) is 10.1 Å². The smallest absolute Gasteiger partial charge is 0.265 e. The number of nitrogens with zero attached hydrogens (tertiary/aromatic N) is 1. The van der Waals surface area contributed by atoms with Gasteiger partial charge in [-0.2, -0.15) is 0 Å². The summed E-state index contributed by atoms with van der Waals surface area (Å²) in [5.74, 6) is 0. The van der Waals surface area contributed by atoms with Crippen LogP contribution < -0.4 is 0 Å². The fourth-order valence-corrected chi connectivity index (χ4v) is 1.14. The molecule has 0 spiro atoms. The first kappa shape index (κ1) is 9.54. The van der Waals surface area contributed by atoms with Gasteiger partial charge in [0.2, 0.25) is 0 Å². The maximum atomic E-state index is 12.2. The first-order valence-corrected chi connectivity index (χ1v) is 3.97. The predicted octanol–water partition coefficient (Wildman–Crippen LogP) is 2.27. The Morgan fingerprint density at radius 1 is 1.58 bits per heavy atom. The molecule has 0 aromatic carbocycles. The molecule has 1 aromatic rings. The maximum Gasteiger partial charge on any atom is 0.265 e. The van der Waals surface area contributed by atoms with Gasteiger partial charge in [0.15, 0.2) is 0 Å². The molecule has 12 heavy (non-hydrogen) atoms. The van der Waals surface area contributed by atoms with Gasteiger partial charge >= 0.3 is 0 Å². The van der Waals surface area contributed by atoms with Gasteiger partial charge in [-0.15, -0.1) is 0 Å². The van der Waals surface area contributed by atoms with Gasteiger partial charge < -0.3 is 5.11 Å². The van der Waals surface area contributed by atoms with Gasteiger partial charge in [0.1, 0.15) is 0 Å². The fraction of sp³-hybridized carbons (Fsp3) is 0.286. The van der Waals surface area contributed by atoms with E-state index in [4.69, 9.17) is 5.11 Å². The Morgan fingerprint density at radius 2 is 2.25 bits per heavy atom. The Bertz CT molecular complexity index is 280. The number of rotatable bonds is 2. The third-order valence-electron chi connectivity index (χ3n) is 1.34. The average molecular weight is 238 g/mol. The van der Waals surface area contributed by atoms with Crippen LogP contribution in [0.1, 0.15) is 17.7 Å². The summed E-state index contributed by atoms with van der Waals surface area (Å²) in [6.07, 6.45) is -1.29. The molecule has 5 heteroatoms. The molecule has 66 valence electrons. The molecule has 1 aromatic heterocycles. The van der Waals surface area contributed by atoms with E-state index in [-0.39, 0.29) is 22.3 Å². The molecule has 0 saturated carbocycles. The summed E-state index contributed by atoms with van der Waals surface area (Å²) < 4.78 is 24.7. The maximum absolute atomic E-state index is 12.2. The Labute approximate surface area is 76.4 Å². The van der Waals surface area contributed by atoms with Gasteiger partial charge in [0, 0.05) is 16.2 Å². The van der Waals surface area contributed by atoms with E-state index in [2.05, 4.69) is 20.9 Å². The third-order valence-corrected chi connectivity index (χ3v) is 2.00. The van der Waals surface area contributed by atoms with E-state index in [1.807, 2.05) is 0 Å². The molecule has 0 amide bonds. The molecular weight excluding hydrogens is 232 g/mol. The molecular formula is C7H6BrF2NO. The standard InChI is InChI=1S/C7H6BrF2NO/c8-6-2-11-4(3-12)1-5(6)7(9)10/h1-2,7,12H,3H2. The molecule has 1 N–H and O–H groups in total. The van der Waals surface area contributed by atoms with E-state index >= 15 is 0 Å². The van der Waals surface area contributed by atoms with Gasteiger partial charge in [-0.1, -0.05) is 0 Å². The SMILES string of the molecule is OCc1cc(C(F)F)c(Br)cn1. The molecule has 0 atom stereocenters. The average Bonchev–Trinajstić information content (AvgIpc) is 2.05. The summed E-state index contributed by atoms with van der Waals surface area (Å²) in [5, 5.41) is 8.61. The zero-order chi connectivity index (χ0) is 9.14. The van der Waals surface area contributed by atoms with Gasteiger partial charge in [0.05, 0.1) is 12.3 Å². The van der Waals surface area contributed by atoms with Gasteiger partial charge in [0.25, 0.3) is 6.43 Å². The zero-order valence-corrected chi connectivity index (χ0v) is 7.55. The first-order valence-electron chi connectivity index (χ1n) is 3.18. The number of hydrogen-bond acceptors (Lipinski definition) is 2. The number of aliphatic hydroxyl groups excluding tert-OH is 1. The summed E-state index contributed by atoms with van der Waals surface area (Å²) in [4.78, 5) is 3.71. The van der Waals surface area contributed by atoms with E-state index in [1.54, 1.807) is 0 Å². The van der Waals surface area contributed by atoms with Crippen molar-refractivity contribution in [3.05, 3.63) is 28.0 Å². The molecule has 0 bridgehead atoms.